The van der Waals surface area contributed by atoms with Crippen LogP contribution in [0.3, 0.4) is 0 Å². The molecule has 1 atom stereocenters. The molecule has 1 aliphatic heterocycles. The van der Waals surface area contributed by atoms with Crippen LogP contribution < -0.4 is 10.6 Å². The third kappa shape index (κ3) is 6.53. The minimum atomic E-state index is -0.150. The average molecular weight is 340 g/mol. The van der Waals surface area contributed by atoms with Gasteiger partial charge in [-0.25, -0.2) is 0 Å². The normalized spacial score (nSPS) is 22.8. The van der Waals surface area contributed by atoms with Crippen LogP contribution in [-0.4, -0.2) is 34.8 Å². The van der Waals surface area contributed by atoms with Crippen LogP contribution in [0.15, 0.2) is 4.99 Å². The van der Waals surface area contributed by atoms with E-state index in [0.29, 0.717) is 31.3 Å². The predicted octanol–water partition coefficient (Wildman–Crippen LogP) is 2.85. The molecule has 0 radical (unpaired) electrons. The van der Waals surface area contributed by atoms with E-state index in [-0.39, 0.29) is 17.1 Å². The summed E-state index contributed by atoms with van der Waals surface area (Å²) in [7, 11) is 0. The molecular weight excluding hydrogens is 310 g/mol. The van der Waals surface area contributed by atoms with E-state index >= 15 is 0 Å². The Morgan fingerprint density at radius 1 is 1.26 bits per heavy atom. The molecule has 1 heterocycles. The van der Waals surface area contributed by atoms with Crippen molar-refractivity contribution in [1.82, 2.24) is 10.6 Å². The van der Waals surface area contributed by atoms with E-state index in [9.17, 15) is 9.59 Å². The molecule has 1 aliphatic carbocycles. The quantitative estimate of drug-likeness (QED) is 0.730. The molecule has 1 saturated carbocycles. The van der Waals surface area contributed by atoms with E-state index in [1.54, 1.807) is 0 Å². The number of amides is 2. The van der Waals surface area contributed by atoms with Gasteiger partial charge in [0, 0.05) is 19.0 Å². The van der Waals surface area contributed by atoms with Gasteiger partial charge in [-0.2, -0.15) is 4.99 Å². The molecule has 2 rings (SSSR count). The van der Waals surface area contributed by atoms with Crippen molar-refractivity contribution in [2.45, 2.75) is 76.5 Å². The lowest BCUT2D eigenvalue weighted by molar-refractivity contribution is -0.122. The first-order valence-corrected chi connectivity index (χ1v) is 9.75. The van der Waals surface area contributed by atoms with E-state index in [4.69, 9.17) is 0 Å². The first kappa shape index (κ1) is 18.3. The Bertz CT molecular complexity index is 443. The summed E-state index contributed by atoms with van der Waals surface area (Å²) in [6.45, 7) is 4.59. The summed E-state index contributed by atoms with van der Waals surface area (Å²) in [6.07, 6.45) is 8.67. The highest BCUT2D eigenvalue weighted by atomic mass is 32.2. The lowest BCUT2D eigenvalue weighted by atomic mass is 10.1. The molecule has 5 nitrogen and oxygen atoms in total. The topological polar surface area (TPSA) is 70.6 Å². The summed E-state index contributed by atoms with van der Waals surface area (Å²) in [6, 6.07) is 0.459. The number of nitrogens with zero attached hydrogens (tertiary/aromatic N) is 1. The fourth-order valence-electron chi connectivity index (χ4n) is 3.02. The molecule has 0 bridgehead atoms. The van der Waals surface area contributed by atoms with Gasteiger partial charge in [0.2, 0.25) is 5.91 Å². The van der Waals surface area contributed by atoms with E-state index in [0.717, 1.165) is 5.17 Å². The highest BCUT2D eigenvalue weighted by molar-refractivity contribution is 8.15. The van der Waals surface area contributed by atoms with Crippen LogP contribution in [-0.2, 0) is 9.59 Å². The van der Waals surface area contributed by atoms with E-state index in [1.165, 1.54) is 50.3 Å². The first-order chi connectivity index (χ1) is 11.0. The molecule has 0 aromatic heterocycles. The van der Waals surface area contributed by atoms with Crippen LogP contribution in [0, 0.1) is 5.92 Å². The van der Waals surface area contributed by atoms with E-state index < -0.39 is 0 Å². The molecular formula is C17H29N3O2S. The summed E-state index contributed by atoms with van der Waals surface area (Å²) in [4.78, 5) is 27.8. The van der Waals surface area contributed by atoms with Gasteiger partial charge in [0.25, 0.3) is 5.91 Å². The summed E-state index contributed by atoms with van der Waals surface area (Å²) in [5.74, 6) is 0.355. The summed E-state index contributed by atoms with van der Waals surface area (Å²) in [5, 5.41) is 6.97. The smallest absolute Gasteiger partial charge is 0.261 e. The van der Waals surface area contributed by atoms with Gasteiger partial charge >= 0.3 is 0 Å². The summed E-state index contributed by atoms with van der Waals surface area (Å²) in [5.41, 5.74) is 0. The Morgan fingerprint density at radius 2 is 1.96 bits per heavy atom. The maximum Gasteiger partial charge on any atom is 0.261 e. The monoisotopic (exact) mass is 339 g/mol. The lowest BCUT2D eigenvalue weighted by Crippen LogP contribution is -2.32. The molecule has 2 aliphatic rings. The number of hydrogen-bond acceptors (Lipinski definition) is 4. The zero-order chi connectivity index (χ0) is 16.7. The number of thioether (sulfide) groups is 1. The predicted molar refractivity (Wildman–Crippen MR) is 95.5 cm³/mol. The van der Waals surface area contributed by atoms with Gasteiger partial charge in [-0.05, 0) is 25.2 Å². The molecule has 1 fully saturated rings. The van der Waals surface area contributed by atoms with Crippen molar-refractivity contribution in [1.29, 1.82) is 0 Å². The maximum atomic E-state index is 12.0. The van der Waals surface area contributed by atoms with Crippen LogP contribution in [0.4, 0.5) is 0 Å². The van der Waals surface area contributed by atoms with Crippen molar-refractivity contribution in [3.8, 4) is 0 Å². The Morgan fingerprint density at radius 3 is 2.61 bits per heavy atom. The summed E-state index contributed by atoms with van der Waals surface area (Å²) < 4.78 is 0. The fourth-order valence-corrected chi connectivity index (χ4v) is 4.05. The second-order valence-electron chi connectivity index (χ2n) is 6.93. The lowest BCUT2D eigenvalue weighted by Gasteiger charge is -2.17. The zero-order valence-corrected chi connectivity index (χ0v) is 15.1. The van der Waals surface area contributed by atoms with Gasteiger partial charge in [0.1, 0.15) is 0 Å². The van der Waals surface area contributed by atoms with Crippen molar-refractivity contribution in [3.05, 3.63) is 0 Å². The van der Waals surface area contributed by atoms with Crippen LogP contribution in [0.5, 0.6) is 0 Å². The third-order valence-electron chi connectivity index (χ3n) is 4.25. The first-order valence-electron chi connectivity index (χ1n) is 8.87. The van der Waals surface area contributed by atoms with Crippen LogP contribution in [0.1, 0.15) is 65.2 Å². The van der Waals surface area contributed by atoms with Gasteiger partial charge < -0.3 is 10.6 Å². The van der Waals surface area contributed by atoms with Gasteiger partial charge in [-0.15, -0.1) is 0 Å². The molecule has 1 unspecified atom stereocenters. The van der Waals surface area contributed by atoms with Gasteiger partial charge in [-0.1, -0.05) is 51.3 Å². The van der Waals surface area contributed by atoms with Crippen molar-refractivity contribution < 1.29 is 9.59 Å². The molecule has 23 heavy (non-hydrogen) atoms. The second kappa shape index (κ2) is 9.30. The van der Waals surface area contributed by atoms with Gasteiger partial charge in [-0.3, -0.25) is 9.59 Å². The number of carbonyl (C=O) groups is 2. The number of carbonyl (C=O) groups excluding carboxylic acids is 2. The van der Waals surface area contributed by atoms with Crippen molar-refractivity contribution >= 4 is 28.7 Å². The standard InChI is InChI=1S/C17H29N3O2S/c1-12(2)11-15(21)18-10-9-14-16(22)20-17(23-14)19-13-7-5-3-4-6-8-13/h12-14H,3-11H2,1-2H3,(H,18,21)(H,19,20,22). The molecule has 2 N–H and O–H groups in total. The SMILES string of the molecule is CC(C)CC(=O)NCCC1SC(NC2CCCCCC2)=NC1=O. The maximum absolute atomic E-state index is 12.0. The van der Waals surface area contributed by atoms with Crippen LogP contribution >= 0.6 is 11.8 Å². The van der Waals surface area contributed by atoms with Gasteiger partial charge in [0.05, 0.1) is 5.25 Å². The molecule has 0 aromatic carbocycles. The Balaban J connectivity index is 1.69. The van der Waals surface area contributed by atoms with Crippen molar-refractivity contribution in [3.63, 3.8) is 0 Å². The molecule has 130 valence electrons. The van der Waals surface area contributed by atoms with E-state index in [2.05, 4.69) is 15.6 Å². The largest absolute Gasteiger partial charge is 0.362 e. The highest BCUT2D eigenvalue weighted by Crippen LogP contribution is 2.25. The number of rotatable bonds is 6. The average Bonchev–Trinajstić information content (AvgIpc) is 2.67. The Hall–Kier alpha value is -1.04. The number of amidine groups is 1. The minimum Gasteiger partial charge on any atom is -0.362 e. The van der Waals surface area contributed by atoms with Gasteiger partial charge in [0.15, 0.2) is 5.17 Å². The fraction of sp³-hybridized carbons (Fsp3) is 0.824. The number of hydrogen-bond donors (Lipinski definition) is 2. The summed E-state index contributed by atoms with van der Waals surface area (Å²) >= 11 is 1.52. The Labute approximate surface area is 143 Å². The molecule has 2 amide bonds. The van der Waals surface area contributed by atoms with E-state index in [1.807, 2.05) is 13.8 Å². The molecule has 6 heteroatoms. The molecule has 0 saturated heterocycles. The van der Waals surface area contributed by atoms with Crippen molar-refractivity contribution in [2.75, 3.05) is 6.54 Å². The number of nitrogens with one attached hydrogen (secondary N) is 2. The number of aliphatic imine (C=N–C) groups is 1. The molecule has 0 spiro atoms. The molecule has 0 aromatic rings. The van der Waals surface area contributed by atoms with Crippen LogP contribution in [0.25, 0.3) is 0 Å². The van der Waals surface area contributed by atoms with Crippen molar-refractivity contribution in [2.24, 2.45) is 10.9 Å². The second-order valence-corrected chi connectivity index (χ2v) is 8.12. The minimum absolute atomic E-state index is 0.0631. The third-order valence-corrected chi connectivity index (χ3v) is 5.40. The Kier molecular flexibility index (Phi) is 7.40. The highest BCUT2D eigenvalue weighted by Gasteiger charge is 2.29. The van der Waals surface area contributed by atoms with Crippen LogP contribution in [0.2, 0.25) is 0 Å². The zero-order valence-electron chi connectivity index (χ0n) is 14.3.